The van der Waals surface area contributed by atoms with Gasteiger partial charge >= 0.3 is 0 Å². The van der Waals surface area contributed by atoms with Crippen molar-refractivity contribution in [3.05, 3.63) is 71.3 Å². The van der Waals surface area contributed by atoms with Crippen LogP contribution in [0.4, 0.5) is 0 Å². The van der Waals surface area contributed by atoms with E-state index in [0.29, 0.717) is 12.7 Å². The topological polar surface area (TPSA) is 21.8 Å². The van der Waals surface area contributed by atoms with Crippen LogP contribution in [0.1, 0.15) is 23.6 Å². The molecule has 3 rings (SSSR count). The summed E-state index contributed by atoms with van der Waals surface area (Å²) in [5.41, 5.74) is 3.86. The van der Waals surface area contributed by atoms with E-state index in [2.05, 4.69) is 48.6 Å². The highest BCUT2D eigenvalue weighted by Gasteiger charge is 2.22. The lowest BCUT2D eigenvalue weighted by Crippen LogP contribution is -2.03. The van der Waals surface area contributed by atoms with Gasteiger partial charge in [-0.25, -0.2) is 0 Å². The van der Waals surface area contributed by atoms with Crippen LogP contribution in [0.3, 0.4) is 0 Å². The molecule has 2 aromatic rings. The molecule has 1 atom stereocenters. The van der Waals surface area contributed by atoms with Crippen molar-refractivity contribution in [2.24, 2.45) is 0 Å². The second kappa shape index (κ2) is 6.59. The lowest BCUT2D eigenvalue weighted by Gasteiger charge is -2.06. The maximum atomic E-state index is 5.65. The van der Waals surface area contributed by atoms with Gasteiger partial charge in [0.25, 0.3) is 0 Å². The Morgan fingerprint density at radius 1 is 1.05 bits per heavy atom. The Morgan fingerprint density at radius 2 is 1.67 bits per heavy atom. The summed E-state index contributed by atoms with van der Waals surface area (Å²) in [4.78, 5) is 0. The largest absolute Gasteiger partial charge is 0.491 e. The Bertz CT molecular complexity index is 592. The number of allylic oxidation sites excluding steroid dienone is 1. The van der Waals surface area contributed by atoms with Crippen LogP contribution in [0.2, 0.25) is 0 Å². The normalized spacial score (nSPS) is 17.1. The number of hydrogen-bond acceptors (Lipinski definition) is 2. The van der Waals surface area contributed by atoms with Gasteiger partial charge in [0.2, 0.25) is 0 Å². The van der Waals surface area contributed by atoms with Crippen LogP contribution in [-0.2, 0) is 11.2 Å². The van der Waals surface area contributed by atoms with E-state index in [1.165, 1.54) is 16.7 Å². The molecule has 2 heteroatoms. The van der Waals surface area contributed by atoms with E-state index in [0.717, 1.165) is 18.8 Å². The van der Waals surface area contributed by atoms with Crippen molar-refractivity contribution < 1.29 is 9.47 Å². The van der Waals surface area contributed by atoms with Crippen LogP contribution in [-0.4, -0.2) is 19.3 Å². The molecule has 108 valence electrons. The van der Waals surface area contributed by atoms with Gasteiger partial charge < -0.3 is 9.47 Å². The summed E-state index contributed by atoms with van der Waals surface area (Å²) >= 11 is 0. The molecule has 0 aromatic heterocycles. The van der Waals surface area contributed by atoms with Gasteiger partial charge in [0.15, 0.2) is 0 Å². The summed E-state index contributed by atoms with van der Waals surface area (Å²) < 4.78 is 10.8. The van der Waals surface area contributed by atoms with Gasteiger partial charge in [-0.1, -0.05) is 48.6 Å². The predicted molar refractivity (Wildman–Crippen MR) is 85.6 cm³/mol. The highest BCUT2D eigenvalue weighted by Crippen LogP contribution is 2.18. The first-order valence-electron chi connectivity index (χ1n) is 7.38. The molecule has 1 unspecified atom stereocenters. The SMILES string of the molecule is CC=Cc1ccc(Cc2ccc(OCC3CO3)cc2)cc1. The van der Waals surface area contributed by atoms with Crippen molar-refractivity contribution in [3.8, 4) is 5.75 Å². The lowest BCUT2D eigenvalue weighted by atomic mass is 10.0. The number of rotatable bonds is 6. The first-order valence-corrected chi connectivity index (χ1v) is 7.38. The van der Waals surface area contributed by atoms with Crippen LogP contribution in [0.5, 0.6) is 5.75 Å². The zero-order chi connectivity index (χ0) is 14.5. The van der Waals surface area contributed by atoms with Crippen LogP contribution in [0.15, 0.2) is 54.6 Å². The molecule has 1 heterocycles. The van der Waals surface area contributed by atoms with E-state index >= 15 is 0 Å². The average molecular weight is 280 g/mol. The Morgan fingerprint density at radius 3 is 2.24 bits per heavy atom. The molecule has 1 aliphatic heterocycles. The molecule has 0 amide bonds. The van der Waals surface area contributed by atoms with Crippen molar-refractivity contribution in [1.29, 1.82) is 0 Å². The Kier molecular flexibility index (Phi) is 4.37. The van der Waals surface area contributed by atoms with Crippen LogP contribution >= 0.6 is 0 Å². The van der Waals surface area contributed by atoms with E-state index in [1.807, 2.05) is 19.1 Å². The quantitative estimate of drug-likeness (QED) is 0.743. The van der Waals surface area contributed by atoms with Crippen molar-refractivity contribution >= 4 is 6.08 Å². The van der Waals surface area contributed by atoms with E-state index < -0.39 is 0 Å². The standard InChI is InChI=1S/C19H20O2/c1-2-3-15-4-6-16(7-5-15)12-17-8-10-18(11-9-17)20-13-19-14-21-19/h2-11,19H,12-14H2,1H3. The van der Waals surface area contributed by atoms with Gasteiger partial charge in [-0.3, -0.25) is 0 Å². The third kappa shape index (κ3) is 4.20. The maximum Gasteiger partial charge on any atom is 0.119 e. The minimum atomic E-state index is 0.306. The van der Waals surface area contributed by atoms with E-state index in [4.69, 9.17) is 9.47 Å². The van der Waals surface area contributed by atoms with Gasteiger partial charge in [0.1, 0.15) is 18.5 Å². The first-order chi connectivity index (χ1) is 10.3. The molecular weight excluding hydrogens is 260 g/mol. The molecule has 2 aromatic carbocycles. The highest BCUT2D eigenvalue weighted by atomic mass is 16.6. The van der Waals surface area contributed by atoms with Crippen LogP contribution in [0, 0.1) is 0 Å². The third-order valence-electron chi connectivity index (χ3n) is 3.51. The lowest BCUT2D eigenvalue weighted by molar-refractivity contribution is 0.263. The fourth-order valence-corrected chi connectivity index (χ4v) is 2.23. The van der Waals surface area contributed by atoms with Crippen molar-refractivity contribution in [1.82, 2.24) is 0 Å². The van der Waals surface area contributed by atoms with Gasteiger partial charge in [0.05, 0.1) is 6.61 Å². The van der Waals surface area contributed by atoms with Gasteiger partial charge in [0, 0.05) is 0 Å². The van der Waals surface area contributed by atoms with Crippen LogP contribution < -0.4 is 4.74 Å². The monoisotopic (exact) mass is 280 g/mol. The molecule has 0 aliphatic carbocycles. The average Bonchev–Trinajstić information content (AvgIpc) is 3.33. The Hall–Kier alpha value is -2.06. The smallest absolute Gasteiger partial charge is 0.119 e. The van der Waals surface area contributed by atoms with Gasteiger partial charge in [-0.2, -0.15) is 0 Å². The fourth-order valence-electron chi connectivity index (χ4n) is 2.23. The predicted octanol–water partition coefficient (Wildman–Crippen LogP) is 4.09. The number of ether oxygens (including phenoxy) is 2. The summed E-state index contributed by atoms with van der Waals surface area (Å²) in [6, 6.07) is 17.0. The Balaban J connectivity index is 1.58. The molecule has 0 spiro atoms. The molecule has 1 fully saturated rings. The Labute approximate surface area is 126 Å². The molecule has 0 bridgehead atoms. The number of epoxide rings is 1. The molecule has 2 nitrogen and oxygen atoms in total. The van der Waals surface area contributed by atoms with Gasteiger partial charge in [-0.15, -0.1) is 0 Å². The second-order valence-electron chi connectivity index (χ2n) is 5.33. The molecule has 1 saturated heterocycles. The summed E-state index contributed by atoms with van der Waals surface area (Å²) in [6.07, 6.45) is 5.42. The highest BCUT2D eigenvalue weighted by molar-refractivity contribution is 5.49. The minimum absolute atomic E-state index is 0.306. The van der Waals surface area contributed by atoms with E-state index in [9.17, 15) is 0 Å². The molecule has 0 N–H and O–H groups in total. The zero-order valence-corrected chi connectivity index (χ0v) is 12.3. The zero-order valence-electron chi connectivity index (χ0n) is 12.3. The second-order valence-corrected chi connectivity index (χ2v) is 5.33. The third-order valence-corrected chi connectivity index (χ3v) is 3.51. The molecule has 0 radical (unpaired) electrons. The maximum absolute atomic E-state index is 5.65. The van der Waals surface area contributed by atoms with Crippen molar-refractivity contribution in [2.45, 2.75) is 19.4 Å². The van der Waals surface area contributed by atoms with Crippen molar-refractivity contribution in [3.63, 3.8) is 0 Å². The van der Waals surface area contributed by atoms with Crippen molar-refractivity contribution in [2.75, 3.05) is 13.2 Å². The minimum Gasteiger partial charge on any atom is -0.491 e. The summed E-state index contributed by atoms with van der Waals surface area (Å²) in [6.45, 7) is 3.53. The summed E-state index contributed by atoms with van der Waals surface area (Å²) in [5.74, 6) is 0.915. The summed E-state index contributed by atoms with van der Waals surface area (Å²) in [5, 5.41) is 0. The molecule has 1 aliphatic rings. The van der Waals surface area contributed by atoms with E-state index in [1.54, 1.807) is 0 Å². The molecular formula is C19H20O2. The fraction of sp³-hybridized carbons (Fsp3) is 0.263. The molecule has 21 heavy (non-hydrogen) atoms. The first kappa shape index (κ1) is 13.9. The number of benzene rings is 2. The number of hydrogen-bond donors (Lipinski definition) is 0. The van der Waals surface area contributed by atoms with Crippen LogP contribution in [0.25, 0.3) is 6.08 Å². The van der Waals surface area contributed by atoms with Gasteiger partial charge in [-0.05, 0) is 42.2 Å². The summed E-state index contributed by atoms with van der Waals surface area (Å²) in [7, 11) is 0. The molecule has 0 saturated carbocycles. The van der Waals surface area contributed by atoms with E-state index in [-0.39, 0.29) is 0 Å².